The number of nitrogens with zero attached hydrogens (tertiary/aromatic N) is 2. The van der Waals surface area contributed by atoms with Crippen molar-refractivity contribution < 1.29 is 0 Å². The molecule has 108 valence electrons. The molecule has 4 nitrogen and oxygen atoms in total. The second-order valence-corrected chi connectivity index (χ2v) is 5.55. The summed E-state index contributed by atoms with van der Waals surface area (Å²) in [4.78, 5) is 0. The minimum Gasteiger partial charge on any atom is -0.311 e. The Kier molecular flexibility index (Phi) is 5.74. The molecule has 0 spiro atoms. The highest BCUT2D eigenvalue weighted by Gasteiger charge is 2.08. The lowest BCUT2D eigenvalue weighted by atomic mass is 10.1. The highest BCUT2D eigenvalue weighted by Crippen LogP contribution is 2.18. The second-order valence-electron chi connectivity index (χ2n) is 5.55. The molecule has 0 saturated carbocycles. The summed E-state index contributed by atoms with van der Waals surface area (Å²) in [5.41, 5.74) is 3.04. The van der Waals surface area contributed by atoms with E-state index in [9.17, 15) is 0 Å². The van der Waals surface area contributed by atoms with Crippen molar-refractivity contribution in [1.82, 2.24) is 20.7 Å². The van der Waals surface area contributed by atoms with E-state index in [1.54, 1.807) is 0 Å². The van der Waals surface area contributed by atoms with Crippen LogP contribution in [-0.2, 0) is 6.54 Å². The van der Waals surface area contributed by atoms with Gasteiger partial charge in [0.15, 0.2) is 0 Å². The van der Waals surface area contributed by atoms with Crippen LogP contribution in [0.5, 0.6) is 0 Å². The average molecular weight is 272 g/mol. The quantitative estimate of drug-likeness (QED) is 0.724. The largest absolute Gasteiger partial charge is 0.311 e. The van der Waals surface area contributed by atoms with Gasteiger partial charge in [0.25, 0.3) is 0 Å². The van der Waals surface area contributed by atoms with Crippen LogP contribution in [0, 0.1) is 5.92 Å². The Morgan fingerprint density at radius 2 is 1.90 bits per heavy atom. The first kappa shape index (κ1) is 14.7. The predicted octanol–water partition coefficient (Wildman–Crippen LogP) is 3.39. The summed E-state index contributed by atoms with van der Waals surface area (Å²) in [7, 11) is 0. The van der Waals surface area contributed by atoms with Gasteiger partial charge in [0, 0.05) is 12.1 Å². The van der Waals surface area contributed by atoms with E-state index < -0.39 is 0 Å². The molecular formula is C16H24N4. The normalized spacial score (nSPS) is 11.2. The molecule has 0 unspecified atom stereocenters. The molecule has 20 heavy (non-hydrogen) atoms. The number of hydrogen-bond donors (Lipinski definition) is 2. The molecule has 1 aromatic heterocycles. The Morgan fingerprint density at radius 1 is 1.10 bits per heavy atom. The van der Waals surface area contributed by atoms with E-state index in [0.29, 0.717) is 0 Å². The molecule has 0 radical (unpaired) electrons. The van der Waals surface area contributed by atoms with Crippen molar-refractivity contribution in [3.63, 3.8) is 0 Å². The Hall–Kier alpha value is -1.68. The van der Waals surface area contributed by atoms with Gasteiger partial charge in [0.05, 0.1) is 0 Å². The van der Waals surface area contributed by atoms with Gasteiger partial charge in [-0.05, 0) is 18.9 Å². The number of aromatic amines is 1. The zero-order chi connectivity index (χ0) is 14.2. The smallest absolute Gasteiger partial charge is 0.117 e. The topological polar surface area (TPSA) is 53.6 Å². The summed E-state index contributed by atoms with van der Waals surface area (Å²) in [6.07, 6.45) is 3.81. The van der Waals surface area contributed by atoms with Gasteiger partial charge < -0.3 is 5.32 Å². The molecule has 0 aliphatic rings. The molecule has 0 amide bonds. The van der Waals surface area contributed by atoms with Gasteiger partial charge in [-0.25, -0.2) is 0 Å². The maximum atomic E-state index is 4.25. The van der Waals surface area contributed by atoms with Crippen molar-refractivity contribution >= 4 is 0 Å². The maximum absolute atomic E-state index is 4.25. The first-order valence-electron chi connectivity index (χ1n) is 7.43. The zero-order valence-electron chi connectivity index (χ0n) is 12.4. The third kappa shape index (κ3) is 4.46. The fourth-order valence-electron chi connectivity index (χ4n) is 2.21. The van der Waals surface area contributed by atoms with Crippen molar-refractivity contribution in [2.24, 2.45) is 5.92 Å². The Morgan fingerprint density at radius 3 is 2.65 bits per heavy atom. The van der Waals surface area contributed by atoms with E-state index in [1.165, 1.54) is 19.3 Å². The van der Waals surface area contributed by atoms with E-state index >= 15 is 0 Å². The molecule has 0 bridgehead atoms. The lowest BCUT2D eigenvalue weighted by molar-refractivity contribution is 0.519. The average Bonchev–Trinajstić information content (AvgIpc) is 2.92. The van der Waals surface area contributed by atoms with Crippen LogP contribution in [0.25, 0.3) is 11.3 Å². The molecule has 2 aromatic rings. The molecule has 2 rings (SSSR count). The first-order chi connectivity index (χ1) is 9.77. The van der Waals surface area contributed by atoms with Gasteiger partial charge >= 0.3 is 0 Å². The number of aromatic nitrogens is 3. The van der Waals surface area contributed by atoms with Crippen molar-refractivity contribution in [3.05, 3.63) is 36.0 Å². The minimum absolute atomic E-state index is 0.766. The lowest BCUT2D eigenvalue weighted by Gasteiger charge is -2.06. The third-order valence-corrected chi connectivity index (χ3v) is 3.34. The van der Waals surface area contributed by atoms with Gasteiger partial charge in [0.2, 0.25) is 0 Å². The molecule has 1 heterocycles. The molecule has 1 aromatic carbocycles. The molecule has 4 heteroatoms. The fraction of sp³-hybridized carbons (Fsp3) is 0.500. The Labute approximate surface area is 121 Å². The van der Waals surface area contributed by atoms with Gasteiger partial charge in [-0.3, -0.25) is 0 Å². The second kappa shape index (κ2) is 7.80. The van der Waals surface area contributed by atoms with E-state index in [2.05, 4.69) is 46.7 Å². The van der Waals surface area contributed by atoms with Crippen LogP contribution in [0.4, 0.5) is 0 Å². The van der Waals surface area contributed by atoms with Gasteiger partial charge in [0.1, 0.15) is 11.4 Å². The van der Waals surface area contributed by atoms with Crippen LogP contribution >= 0.6 is 0 Å². The molecule has 0 saturated heterocycles. The van der Waals surface area contributed by atoms with E-state index in [1.807, 2.05) is 18.2 Å². The van der Waals surface area contributed by atoms with E-state index in [4.69, 9.17) is 0 Å². The van der Waals surface area contributed by atoms with Crippen LogP contribution < -0.4 is 5.32 Å². The van der Waals surface area contributed by atoms with Crippen LogP contribution in [0.2, 0.25) is 0 Å². The molecular weight excluding hydrogens is 248 g/mol. The predicted molar refractivity (Wildman–Crippen MR) is 82.2 cm³/mol. The Balaban J connectivity index is 1.78. The summed E-state index contributed by atoms with van der Waals surface area (Å²) < 4.78 is 0. The SMILES string of the molecule is CC(C)CCCCNCc1n[nH]nc1-c1ccccc1. The van der Waals surface area contributed by atoms with Gasteiger partial charge in [-0.15, -0.1) is 0 Å². The van der Waals surface area contributed by atoms with Crippen LogP contribution in [0.1, 0.15) is 38.8 Å². The lowest BCUT2D eigenvalue weighted by Crippen LogP contribution is -2.15. The van der Waals surface area contributed by atoms with Crippen molar-refractivity contribution in [1.29, 1.82) is 0 Å². The number of nitrogens with one attached hydrogen (secondary N) is 2. The van der Waals surface area contributed by atoms with Crippen molar-refractivity contribution in [3.8, 4) is 11.3 Å². The monoisotopic (exact) mass is 272 g/mol. The van der Waals surface area contributed by atoms with E-state index in [-0.39, 0.29) is 0 Å². The third-order valence-electron chi connectivity index (χ3n) is 3.34. The number of unbranched alkanes of at least 4 members (excludes halogenated alkanes) is 1. The number of benzene rings is 1. The standard InChI is InChI=1S/C16H24N4/c1-13(2)8-6-7-11-17-12-15-16(19-20-18-15)14-9-4-3-5-10-14/h3-5,9-10,13,17H,6-8,11-12H2,1-2H3,(H,18,19,20). The zero-order valence-corrected chi connectivity index (χ0v) is 12.4. The summed E-state index contributed by atoms with van der Waals surface area (Å²) in [6.45, 7) is 6.35. The molecule has 0 aliphatic carbocycles. The highest BCUT2D eigenvalue weighted by atomic mass is 15.3. The first-order valence-corrected chi connectivity index (χ1v) is 7.43. The highest BCUT2D eigenvalue weighted by molar-refractivity contribution is 5.60. The fourth-order valence-corrected chi connectivity index (χ4v) is 2.21. The number of H-pyrrole nitrogens is 1. The summed E-state index contributed by atoms with van der Waals surface area (Å²) >= 11 is 0. The Bertz CT molecular complexity index is 490. The molecule has 0 atom stereocenters. The van der Waals surface area contributed by atoms with Crippen LogP contribution in [-0.4, -0.2) is 22.0 Å². The van der Waals surface area contributed by atoms with Crippen LogP contribution in [0.3, 0.4) is 0 Å². The molecule has 0 fully saturated rings. The summed E-state index contributed by atoms with van der Waals surface area (Å²) in [6, 6.07) is 10.2. The van der Waals surface area contributed by atoms with Gasteiger partial charge in [-0.1, -0.05) is 57.0 Å². The molecule has 0 aliphatic heterocycles. The number of hydrogen-bond acceptors (Lipinski definition) is 3. The molecule has 2 N–H and O–H groups in total. The van der Waals surface area contributed by atoms with Gasteiger partial charge in [-0.2, -0.15) is 15.4 Å². The minimum atomic E-state index is 0.766. The van der Waals surface area contributed by atoms with Crippen LogP contribution in [0.15, 0.2) is 30.3 Å². The van der Waals surface area contributed by atoms with Crippen molar-refractivity contribution in [2.45, 2.75) is 39.7 Å². The maximum Gasteiger partial charge on any atom is 0.117 e. The van der Waals surface area contributed by atoms with Crippen molar-refractivity contribution in [2.75, 3.05) is 6.54 Å². The summed E-state index contributed by atoms with van der Waals surface area (Å²) in [5, 5.41) is 14.7. The number of rotatable bonds is 8. The van der Waals surface area contributed by atoms with E-state index in [0.717, 1.165) is 36.0 Å². The summed E-state index contributed by atoms with van der Waals surface area (Å²) in [5.74, 6) is 0.801.